The van der Waals surface area contributed by atoms with Crippen molar-refractivity contribution in [2.75, 3.05) is 26.2 Å². The smallest absolute Gasteiger partial charge is 0.241 e. The number of aromatic nitrogens is 2. The average molecular weight is 270 g/mol. The minimum atomic E-state index is 0.682. The molecule has 1 aromatic heterocycles. The lowest BCUT2D eigenvalue weighted by molar-refractivity contribution is 0.253. The van der Waals surface area contributed by atoms with Crippen LogP contribution >= 0.6 is 0 Å². The number of likely N-dealkylation sites (tertiary alicyclic amines) is 1. The first kappa shape index (κ1) is 12.1. The summed E-state index contributed by atoms with van der Waals surface area (Å²) in [6.45, 7) is 5.36. The van der Waals surface area contributed by atoms with Crippen LogP contribution in [-0.2, 0) is 6.54 Å². The fraction of sp³-hybridized carbons (Fsp3) is 0.467. The van der Waals surface area contributed by atoms with Gasteiger partial charge in [-0.15, -0.1) is 0 Å². The van der Waals surface area contributed by atoms with Crippen LogP contribution in [0.4, 0.5) is 0 Å². The van der Waals surface area contributed by atoms with Crippen LogP contribution in [0, 0.1) is 11.8 Å². The number of nitrogens with one attached hydrogen (secondary N) is 1. The molecule has 4 rings (SSSR count). The van der Waals surface area contributed by atoms with Crippen LogP contribution < -0.4 is 5.32 Å². The fourth-order valence-corrected chi connectivity index (χ4v) is 3.30. The summed E-state index contributed by atoms with van der Waals surface area (Å²) in [6, 6.07) is 9.96. The molecule has 2 aliphatic rings. The molecule has 2 unspecified atom stereocenters. The van der Waals surface area contributed by atoms with E-state index in [9.17, 15) is 0 Å². The minimum Gasteiger partial charge on any atom is -0.338 e. The van der Waals surface area contributed by atoms with Gasteiger partial charge < -0.3 is 9.84 Å². The number of hydrogen-bond donors (Lipinski definition) is 1. The lowest BCUT2D eigenvalue weighted by atomic mass is 10.0. The molecule has 0 saturated carbocycles. The fourth-order valence-electron chi connectivity index (χ4n) is 3.30. The Morgan fingerprint density at radius 3 is 2.65 bits per heavy atom. The summed E-state index contributed by atoms with van der Waals surface area (Å²) in [5.41, 5.74) is 1.00. The number of fused-ring (bicyclic) bond motifs is 1. The van der Waals surface area contributed by atoms with Gasteiger partial charge >= 0.3 is 0 Å². The summed E-state index contributed by atoms with van der Waals surface area (Å²) in [5, 5.41) is 7.53. The maximum absolute atomic E-state index is 5.38. The predicted octanol–water partition coefficient (Wildman–Crippen LogP) is 1.39. The monoisotopic (exact) mass is 270 g/mol. The predicted molar refractivity (Wildman–Crippen MR) is 74.9 cm³/mol. The number of nitrogens with zero attached hydrogens (tertiary/aromatic N) is 3. The molecular formula is C15H18N4O. The molecule has 104 valence electrons. The lowest BCUT2D eigenvalue weighted by Gasteiger charge is -2.13. The standard InChI is InChI=1S/C15H18N4O/c1-2-4-11(5-3-1)15-17-14(20-18-15)10-19-8-12-6-16-7-13(12)9-19/h1-5,12-13,16H,6-10H2. The second kappa shape index (κ2) is 5.00. The largest absolute Gasteiger partial charge is 0.338 e. The third-order valence-corrected chi connectivity index (χ3v) is 4.32. The van der Waals surface area contributed by atoms with E-state index in [0.29, 0.717) is 5.82 Å². The molecule has 20 heavy (non-hydrogen) atoms. The lowest BCUT2D eigenvalue weighted by Crippen LogP contribution is -2.25. The van der Waals surface area contributed by atoms with Crippen LogP contribution in [0.15, 0.2) is 34.9 Å². The molecule has 2 atom stereocenters. The maximum atomic E-state index is 5.38. The highest BCUT2D eigenvalue weighted by Crippen LogP contribution is 2.27. The third kappa shape index (κ3) is 2.23. The Morgan fingerprint density at radius 2 is 1.90 bits per heavy atom. The minimum absolute atomic E-state index is 0.682. The van der Waals surface area contributed by atoms with Crippen molar-refractivity contribution in [1.82, 2.24) is 20.4 Å². The van der Waals surface area contributed by atoms with Gasteiger partial charge in [0, 0.05) is 18.7 Å². The molecule has 3 heterocycles. The Morgan fingerprint density at radius 1 is 1.15 bits per heavy atom. The quantitative estimate of drug-likeness (QED) is 0.913. The molecule has 1 aromatic carbocycles. The molecule has 0 radical (unpaired) electrons. The molecule has 0 aliphatic carbocycles. The molecule has 2 fully saturated rings. The highest BCUT2D eigenvalue weighted by molar-refractivity contribution is 5.53. The Balaban J connectivity index is 1.44. The first-order valence-electron chi connectivity index (χ1n) is 7.19. The third-order valence-electron chi connectivity index (χ3n) is 4.32. The highest BCUT2D eigenvalue weighted by atomic mass is 16.5. The summed E-state index contributed by atoms with van der Waals surface area (Å²) >= 11 is 0. The molecular weight excluding hydrogens is 252 g/mol. The molecule has 2 aliphatic heterocycles. The van der Waals surface area contributed by atoms with Gasteiger partial charge in [0.2, 0.25) is 11.7 Å². The van der Waals surface area contributed by atoms with Gasteiger partial charge in [-0.1, -0.05) is 35.5 Å². The zero-order chi connectivity index (χ0) is 13.4. The van der Waals surface area contributed by atoms with E-state index in [0.717, 1.165) is 56.0 Å². The SMILES string of the molecule is c1ccc(-c2noc(CN3CC4CNCC4C3)n2)cc1. The molecule has 5 heteroatoms. The Kier molecular flexibility index (Phi) is 3.01. The van der Waals surface area contributed by atoms with Crippen LogP contribution in [0.1, 0.15) is 5.89 Å². The van der Waals surface area contributed by atoms with Crippen molar-refractivity contribution in [3.8, 4) is 11.4 Å². The van der Waals surface area contributed by atoms with Crippen LogP contribution in [0.3, 0.4) is 0 Å². The number of hydrogen-bond acceptors (Lipinski definition) is 5. The van der Waals surface area contributed by atoms with Crippen molar-refractivity contribution < 1.29 is 4.52 Å². The first-order valence-corrected chi connectivity index (χ1v) is 7.19. The molecule has 0 spiro atoms. The molecule has 2 aromatic rings. The van der Waals surface area contributed by atoms with E-state index in [1.54, 1.807) is 0 Å². The van der Waals surface area contributed by atoms with Crippen molar-refractivity contribution in [2.24, 2.45) is 11.8 Å². The Bertz CT molecular complexity index is 571. The normalized spacial score (nSPS) is 26.0. The first-order chi connectivity index (χ1) is 9.88. The number of benzene rings is 1. The van der Waals surface area contributed by atoms with E-state index in [-0.39, 0.29) is 0 Å². The van der Waals surface area contributed by atoms with Crippen molar-refractivity contribution in [3.63, 3.8) is 0 Å². The van der Waals surface area contributed by atoms with Gasteiger partial charge in [-0.05, 0) is 24.9 Å². The zero-order valence-corrected chi connectivity index (χ0v) is 11.3. The summed E-state index contributed by atoms with van der Waals surface area (Å²) < 4.78 is 5.38. The van der Waals surface area contributed by atoms with Gasteiger partial charge in [0.05, 0.1) is 6.54 Å². The van der Waals surface area contributed by atoms with Gasteiger partial charge in [-0.25, -0.2) is 0 Å². The van der Waals surface area contributed by atoms with Gasteiger partial charge in [-0.3, -0.25) is 4.90 Å². The van der Waals surface area contributed by atoms with Crippen molar-refractivity contribution >= 4 is 0 Å². The molecule has 0 amide bonds. The zero-order valence-electron chi connectivity index (χ0n) is 11.3. The van der Waals surface area contributed by atoms with Gasteiger partial charge in [0.1, 0.15) is 0 Å². The average Bonchev–Trinajstić information content (AvgIpc) is 3.16. The molecule has 2 saturated heterocycles. The maximum Gasteiger partial charge on any atom is 0.241 e. The van der Waals surface area contributed by atoms with E-state index >= 15 is 0 Å². The van der Waals surface area contributed by atoms with E-state index in [4.69, 9.17) is 4.52 Å². The Labute approximate surface area is 118 Å². The van der Waals surface area contributed by atoms with Crippen LogP contribution in [0.2, 0.25) is 0 Å². The van der Waals surface area contributed by atoms with E-state index in [1.807, 2.05) is 30.3 Å². The summed E-state index contributed by atoms with van der Waals surface area (Å²) in [6.07, 6.45) is 0. The van der Waals surface area contributed by atoms with Crippen molar-refractivity contribution in [2.45, 2.75) is 6.54 Å². The van der Waals surface area contributed by atoms with Crippen molar-refractivity contribution in [1.29, 1.82) is 0 Å². The van der Waals surface area contributed by atoms with Crippen LogP contribution in [0.25, 0.3) is 11.4 Å². The van der Waals surface area contributed by atoms with E-state index in [2.05, 4.69) is 20.4 Å². The molecule has 5 nitrogen and oxygen atoms in total. The van der Waals surface area contributed by atoms with Gasteiger partial charge in [0.15, 0.2) is 0 Å². The van der Waals surface area contributed by atoms with E-state index in [1.165, 1.54) is 0 Å². The Hall–Kier alpha value is -1.72. The second-order valence-corrected chi connectivity index (χ2v) is 5.75. The molecule has 0 bridgehead atoms. The second-order valence-electron chi connectivity index (χ2n) is 5.75. The van der Waals surface area contributed by atoms with Gasteiger partial charge in [-0.2, -0.15) is 4.98 Å². The highest BCUT2D eigenvalue weighted by Gasteiger charge is 2.36. The summed E-state index contributed by atoms with van der Waals surface area (Å²) in [5.74, 6) is 3.00. The van der Waals surface area contributed by atoms with Crippen LogP contribution in [0.5, 0.6) is 0 Å². The molecule has 1 N–H and O–H groups in total. The van der Waals surface area contributed by atoms with E-state index < -0.39 is 0 Å². The summed E-state index contributed by atoms with van der Waals surface area (Å²) in [7, 11) is 0. The summed E-state index contributed by atoms with van der Waals surface area (Å²) in [4.78, 5) is 6.93. The van der Waals surface area contributed by atoms with Crippen molar-refractivity contribution in [3.05, 3.63) is 36.2 Å². The number of rotatable bonds is 3. The van der Waals surface area contributed by atoms with Gasteiger partial charge in [0.25, 0.3) is 0 Å². The van der Waals surface area contributed by atoms with Crippen LogP contribution in [-0.4, -0.2) is 41.2 Å². The topological polar surface area (TPSA) is 54.2 Å².